The molecular formula is C8H11NO2. The molecule has 0 radical (unpaired) electrons. The molecule has 2 bridgehead atoms. The minimum absolute atomic E-state index is 0.200. The van der Waals surface area contributed by atoms with Gasteiger partial charge in [-0.2, -0.15) is 0 Å². The molecule has 0 saturated heterocycles. The van der Waals surface area contributed by atoms with Gasteiger partial charge in [-0.25, -0.2) is 4.99 Å². The molecule has 0 aromatic heterocycles. The Morgan fingerprint density at radius 2 is 2.55 bits per heavy atom. The summed E-state index contributed by atoms with van der Waals surface area (Å²) in [5.41, 5.74) is 0. The van der Waals surface area contributed by atoms with Crippen LogP contribution in [0.5, 0.6) is 0 Å². The SMILES string of the molecule is CC1=NC2C=COC(CO1)C2. The molecule has 2 aliphatic heterocycles. The summed E-state index contributed by atoms with van der Waals surface area (Å²) in [6, 6.07) is 0.274. The van der Waals surface area contributed by atoms with Gasteiger partial charge in [0.05, 0.1) is 12.3 Å². The minimum Gasteiger partial charge on any atom is -0.495 e. The number of hydrogen-bond acceptors (Lipinski definition) is 3. The van der Waals surface area contributed by atoms with Gasteiger partial charge in [0, 0.05) is 13.3 Å². The fraction of sp³-hybridized carbons (Fsp3) is 0.625. The van der Waals surface area contributed by atoms with Crippen LogP contribution in [0.1, 0.15) is 13.3 Å². The van der Waals surface area contributed by atoms with E-state index in [1.165, 1.54) is 0 Å². The van der Waals surface area contributed by atoms with Crippen LogP contribution in [0.15, 0.2) is 17.3 Å². The van der Waals surface area contributed by atoms with Crippen molar-refractivity contribution in [2.45, 2.75) is 25.5 Å². The van der Waals surface area contributed by atoms with Crippen LogP contribution in [0, 0.1) is 0 Å². The zero-order valence-electron chi connectivity index (χ0n) is 6.49. The summed E-state index contributed by atoms with van der Waals surface area (Å²) in [4.78, 5) is 4.32. The summed E-state index contributed by atoms with van der Waals surface area (Å²) in [5, 5.41) is 0. The van der Waals surface area contributed by atoms with Crippen LogP contribution in [0.25, 0.3) is 0 Å². The Hall–Kier alpha value is -0.990. The highest BCUT2D eigenvalue weighted by atomic mass is 16.5. The van der Waals surface area contributed by atoms with Crippen molar-refractivity contribution in [3.8, 4) is 0 Å². The lowest BCUT2D eigenvalue weighted by molar-refractivity contribution is 0.0721. The lowest BCUT2D eigenvalue weighted by Gasteiger charge is -2.19. The first-order valence-corrected chi connectivity index (χ1v) is 3.84. The molecular weight excluding hydrogens is 142 g/mol. The van der Waals surface area contributed by atoms with E-state index in [4.69, 9.17) is 9.47 Å². The van der Waals surface area contributed by atoms with Crippen LogP contribution < -0.4 is 0 Å². The number of ether oxygens (including phenoxy) is 2. The van der Waals surface area contributed by atoms with Crippen LogP contribution in [-0.4, -0.2) is 24.7 Å². The van der Waals surface area contributed by atoms with E-state index in [0.717, 1.165) is 12.3 Å². The molecule has 60 valence electrons. The Bertz CT molecular complexity index is 210. The Labute approximate surface area is 65.7 Å². The highest BCUT2D eigenvalue weighted by Gasteiger charge is 2.22. The van der Waals surface area contributed by atoms with Gasteiger partial charge >= 0.3 is 0 Å². The summed E-state index contributed by atoms with van der Waals surface area (Å²) in [6.45, 7) is 2.52. The summed E-state index contributed by atoms with van der Waals surface area (Å²) in [5.74, 6) is 0.771. The number of aliphatic imine (C=N–C) groups is 1. The van der Waals surface area contributed by atoms with E-state index in [2.05, 4.69) is 4.99 Å². The van der Waals surface area contributed by atoms with Gasteiger partial charge in [-0.3, -0.25) is 0 Å². The predicted octanol–water partition coefficient (Wildman–Crippen LogP) is 1.11. The van der Waals surface area contributed by atoms with Crippen molar-refractivity contribution in [1.82, 2.24) is 0 Å². The third-order valence-corrected chi connectivity index (χ3v) is 1.90. The monoisotopic (exact) mass is 153 g/mol. The van der Waals surface area contributed by atoms with Crippen LogP contribution in [0.4, 0.5) is 0 Å². The molecule has 0 N–H and O–H groups in total. The van der Waals surface area contributed by atoms with Crippen LogP contribution in [-0.2, 0) is 9.47 Å². The molecule has 3 nitrogen and oxygen atoms in total. The molecule has 2 aliphatic rings. The maximum absolute atomic E-state index is 5.30. The summed E-state index contributed by atoms with van der Waals surface area (Å²) >= 11 is 0. The van der Waals surface area contributed by atoms with E-state index in [1.54, 1.807) is 6.26 Å². The first-order valence-electron chi connectivity index (χ1n) is 3.84. The summed E-state index contributed by atoms with van der Waals surface area (Å²) in [6.07, 6.45) is 4.85. The van der Waals surface area contributed by atoms with Crippen LogP contribution in [0.2, 0.25) is 0 Å². The molecule has 2 unspecified atom stereocenters. The van der Waals surface area contributed by atoms with Crippen molar-refractivity contribution in [1.29, 1.82) is 0 Å². The smallest absolute Gasteiger partial charge is 0.180 e. The van der Waals surface area contributed by atoms with Gasteiger partial charge in [-0.1, -0.05) is 0 Å². The highest BCUT2D eigenvalue weighted by Crippen LogP contribution is 2.17. The zero-order chi connectivity index (χ0) is 7.68. The quantitative estimate of drug-likeness (QED) is 0.522. The van der Waals surface area contributed by atoms with Crippen molar-refractivity contribution >= 4 is 5.90 Å². The molecule has 0 aromatic rings. The minimum atomic E-state index is 0.200. The van der Waals surface area contributed by atoms with E-state index in [0.29, 0.717) is 6.61 Å². The Kier molecular flexibility index (Phi) is 1.56. The Morgan fingerprint density at radius 3 is 3.45 bits per heavy atom. The van der Waals surface area contributed by atoms with Crippen molar-refractivity contribution < 1.29 is 9.47 Å². The predicted molar refractivity (Wildman–Crippen MR) is 41.5 cm³/mol. The van der Waals surface area contributed by atoms with Crippen molar-refractivity contribution in [2.75, 3.05) is 6.61 Å². The molecule has 0 spiro atoms. The fourth-order valence-corrected chi connectivity index (χ4v) is 1.34. The second kappa shape index (κ2) is 2.57. The number of hydrogen-bond donors (Lipinski definition) is 0. The molecule has 0 amide bonds. The maximum atomic E-state index is 5.30. The molecule has 0 fully saturated rings. The topological polar surface area (TPSA) is 30.8 Å². The van der Waals surface area contributed by atoms with Gasteiger partial charge < -0.3 is 9.47 Å². The zero-order valence-corrected chi connectivity index (χ0v) is 6.49. The third kappa shape index (κ3) is 1.37. The Balaban J connectivity index is 2.18. The van der Waals surface area contributed by atoms with Crippen LogP contribution in [0.3, 0.4) is 0 Å². The largest absolute Gasteiger partial charge is 0.495 e. The van der Waals surface area contributed by atoms with E-state index in [-0.39, 0.29) is 12.1 Å². The van der Waals surface area contributed by atoms with E-state index in [9.17, 15) is 0 Å². The standard InChI is InChI=1S/C8H11NO2/c1-6-9-7-2-3-10-8(4-7)5-11-6/h2-3,7-8H,4-5H2,1H3. The van der Waals surface area contributed by atoms with Gasteiger partial charge in [-0.15, -0.1) is 0 Å². The number of nitrogens with zero attached hydrogens (tertiary/aromatic N) is 1. The van der Waals surface area contributed by atoms with Gasteiger partial charge in [0.15, 0.2) is 5.90 Å². The maximum Gasteiger partial charge on any atom is 0.180 e. The average Bonchev–Trinajstić information content (AvgIpc) is 2.12. The van der Waals surface area contributed by atoms with E-state index < -0.39 is 0 Å². The molecule has 2 atom stereocenters. The lowest BCUT2D eigenvalue weighted by atomic mass is 10.1. The van der Waals surface area contributed by atoms with E-state index >= 15 is 0 Å². The van der Waals surface area contributed by atoms with Gasteiger partial charge in [0.2, 0.25) is 0 Å². The van der Waals surface area contributed by atoms with Crippen molar-refractivity contribution in [3.05, 3.63) is 12.3 Å². The van der Waals surface area contributed by atoms with Crippen LogP contribution >= 0.6 is 0 Å². The first-order chi connectivity index (χ1) is 5.34. The molecule has 11 heavy (non-hydrogen) atoms. The molecule has 2 rings (SSSR count). The molecule has 2 heterocycles. The Morgan fingerprint density at radius 1 is 1.64 bits per heavy atom. The first kappa shape index (κ1) is 6.70. The molecule has 3 heteroatoms. The lowest BCUT2D eigenvalue weighted by Crippen LogP contribution is -2.22. The fourth-order valence-electron chi connectivity index (χ4n) is 1.34. The second-order valence-corrected chi connectivity index (χ2v) is 2.85. The second-order valence-electron chi connectivity index (χ2n) is 2.85. The van der Waals surface area contributed by atoms with Crippen molar-refractivity contribution in [3.63, 3.8) is 0 Å². The van der Waals surface area contributed by atoms with Gasteiger partial charge in [0.25, 0.3) is 0 Å². The normalized spacial score (nSPS) is 34.8. The molecule has 0 aromatic carbocycles. The number of fused-ring (bicyclic) bond motifs is 2. The molecule has 0 aliphatic carbocycles. The summed E-state index contributed by atoms with van der Waals surface area (Å²) in [7, 11) is 0. The summed E-state index contributed by atoms with van der Waals surface area (Å²) < 4.78 is 10.6. The van der Waals surface area contributed by atoms with Gasteiger partial charge in [0.1, 0.15) is 12.7 Å². The average molecular weight is 153 g/mol. The van der Waals surface area contributed by atoms with Gasteiger partial charge in [-0.05, 0) is 6.08 Å². The highest BCUT2D eigenvalue weighted by molar-refractivity contribution is 5.73. The van der Waals surface area contributed by atoms with E-state index in [1.807, 2.05) is 13.0 Å². The molecule has 0 saturated carbocycles. The van der Waals surface area contributed by atoms with Crippen molar-refractivity contribution in [2.24, 2.45) is 4.99 Å². The third-order valence-electron chi connectivity index (χ3n) is 1.90. The number of rotatable bonds is 0.